The number of aryl methyl sites for hydroxylation is 1. The summed E-state index contributed by atoms with van der Waals surface area (Å²) < 4.78 is 4.85. The zero-order chi connectivity index (χ0) is 12.5. The molecule has 1 rings (SSSR count). The predicted octanol–water partition coefficient (Wildman–Crippen LogP) is 3.00. The highest BCUT2D eigenvalue weighted by Crippen LogP contribution is 2.10. The van der Waals surface area contributed by atoms with Gasteiger partial charge >= 0.3 is 5.97 Å². The molecule has 1 aromatic rings. The molecule has 1 aromatic carbocycles. The normalized spacial score (nSPS) is 10.0. The standard InChI is InChI=1S/C14H21NO2/c1-3-5-12-6-8-13(9-7-12)15-11-10-14(16)17-4-2/h6-9,15H,3-5,10-11H2,1-2H3. The molecule has 1 N–H and O–H groups in total. The van der Waals surface area contributed by atoms with E-state index in [0.717, 1.165) is 18.5 Å². The van der Waals surface area contributed by atoms with Crippen LogP contribution in [0.3, 0.4) is 0 Å². The van der Waals surface area contributed by atoms with Crippen molar-refractivity contribution in [2.24, 2.45) is 0 Å². The summed E-state index contributed by atoms with van der Waals surface area (Å²) in [6, 6.07) is 8.35. The van der Waals surface area contributed by atoms with Crippen molar-refractivity contribution < 1.29 is 9.53 Å². The Kier molecular flexibility index (Phi) is 6.15. The van der Waals surface area contributed by atoms with Gasteiger partial charge in [0.25, 0.3) is 0 Å². The lowest BCUT2D eigenvalue weighted by Crippen LogP contribution is -2.11. The molecule has 0 aliphatic rings. The maximum Gasteiger partial charge on any atom is 0.307 e. The van der Waals surface area contributed by atoms with Gasteiger partial charge in [0.2, 0.25) is 0 Å². The average molecular weight is 235 g/mol. The number of anilines is 1. The molecular formula is C14H21NO2. The zero-order valence-electron chi connectivity index (χ0n) is 10.7. The van der Waals surface area contributed by atoms with Gasteiger partial charge in [-0.25, -0.2) is 0 Å². The number of ether oxygens (including phenoxy) is 1. The molecule has 0 aliphatic carbocycles. The number of carbonyl (C=O) groups is 1. The van der Waals surface area contributed by atoms with Gasteiger partial charge < -0.3 is 10.1 Å². The van der Waals surface area contributed by atoms with Crippen molar-refractivity contribution in [3.63, 3.8) is 0 Å². The second-order valence-corrected chi connectivity index (χ2v) is 3.93. The largest absolute Gasteiger partial charge is 0.466 e. The Morgan fingerprint density at radius 1 is 1.24 bits per heavy atom. The molecule has 0 saturated heterocycles. The highest BCUT2D eigenvalue weighted by atomic mass is 16.5. The Labute approximate surface area is 103 Å². The van der Waals surface area contributed by atoms with Crippen LogP contribution in [0.2, 0.25) is 0 Å². The molecular weight excluding hydrogens is 214 g/mol. The topological polar surface area (TPSA) is 38.3 Å². The van der Waals surface area contributed by atoms with Crippen LogP contribution in [0.25, 0.3) is 0 Å². The smallest absolute Gasteiger partial charge is 0.307 e. The highest BCUT2D eigenvalue weighted by molar-refractivity contribution is 5.70. The SMILES string of the molecule is CCCc1ccc(NCCC(=O)OCC)cc1. The van der Waals surface area contributed by atoms with Gasteiger partial charge in [0.1, 0.15) is 0 Å². The van der Waals surface area contributed by atoms with Crippen LogP contribution in [0.4, 0.5) is 5.69 Å². The number of rotatable bonds is 7. The van der Waals surface area contributed by atoms with Gasteiger partial charge in [0.05, 0.1) is 13.0 Å². The molecule has 0 saturated carbocycles. The lowest BCUT2D eigenvalue weighted by Gasteiger charge is -2.07. The molecule has 0 heterocycles. The third kappa shape index (κ3) is 5.38. The summed E-state index contributed by atoms with van der Waals surface area (Å²) in [7, 11) is 0. The fourth-order valence-corrected chi connectivity index (χ4v) is 1.62. The molecule has 0 amide bonds. The second-order valence-electron chi connectivity index (χ2n) is 3.93. The average Bonchev–Trinajstić information content (AvgIpc) is 2.32. The van der Waals surface area contributed by atoms with E-state index in [4.69, 9.17) is 4.74 Å². The van der Waals surface area contributed by atoms with Gasteiger partial charge in [-0.2, -0.15) is 0 Å². The molecule has 94 valence electrons. The predicted molar refractivity (Wildman–Crippen MR) is 70.2 cm³/mol. The van der Waals surface area contributed by atoms with Crippen LogP contribution in [0, 0.1) is 0 Å². The molecule has 0 unspecified atom stereocenters. The lowest BCUT2D eigenvalue weighted by atomic mass is 10.1. The lowest BCUT2D eigenvalue weighted by molar-refractivity contribution is -0.142. The monoisotopic (exact) mass is 235 g/mol. The number of esters is 1. The van der Waals surface area contributed by atoms with Crippen molar-refractivity contribution in [2.75, 3.05) is 18.5 Å². The number of nitrogens with one attached hydrogen (secondary N) is 1. The summed E-state index contributed by atoms with van der Waals surface area (Å²) in [6.07, 6.45) is 2.68. The highest BCUT2D eigenvalue weighted by Gasteiger charge is 2.00. The van der Waals surface area contributed by atoms with Crippen LogP contribution in [-0.2, 0) is 16.0 Å². The van der Waals surface area contributed by atoms with E-state index in [2.05, 4.69) is 36.5 Å². The molecule has 0 radical (unpaired) electrons. The Morgan fingerprint density at radius 3 is 2.53 bits per heavy atom. The fourth-order valence-electron chi connectivity index (χ4n) is 1.62. The molecule has 0 aliphatic heterocycles. The molecule has 0 atom stereocenters. The number of benzene rings is 1. The minimum absolute atomic E-state index is 0.150. The van der Waals surface area contributed by atoms with Gasteiger partial charge in [0.15, 0.2) is 0 Å². The molecule has 0 aromatic heterocycles. The number of hydrogen-bond acceptors (Lipinski definition) is 3. The van der Waals surface area contributed by atoms with E-state index in [-0.39, 0.29) is 5.97 Å². The van der Waals surface area contributed by atoms with Gasteiger partial charge in [-0.15, -0.1) is 0 Å². The zero-order valence-corrected chi connectivity index (χ0v) is 10.7. The Hall–Kier alpha value is -1.51. The van der Waals surface area contributed by atoms with Gasteiger partial charge in [-0.05, 0) is 31.0 Å². The van der Waals surface area contributed by atoms with Gasteiger partial charge in [-0.3, -0.25) is 4.79 Å². The van der Waals surface area contributed by atoms with E-state index in [1.165, 1.54) is 5.56 Å². The maximum absolute atomic E-state index is 11.1. The van der Waals surface area contributed by atoms with Crippen LogP contribution in [0.5, 0.6) is 0 Å². The van der Waals surface area contributed by atoms with E-state index < -0.39 is 0 Å². The van der Waals surface area contributed by atoms with Crippen LogP contribution in [0.1, 0.15) is 32.3 Å². The van der Waals surface area contributed by atoms with E-state index in [1.54, 1.807) is 0 Å². The Bertz CT molecular complexity index is 333. The molecule has 3 nitrogen and oxygen atoms in total. The first kappa shape index (κ1) is 13.6. The van der Waals surface area contributed by atoms with Crippen molar-refractivity contribution in [1.29, 1.82) is 0 Å². The third-order valence-corrected chi connectivity index (χ3v) is 2.46. The molecule has 3 heteroatoms. The summed E-state index contributed by atoms with van der Waals surface area (Å²) in [6.45, 7) is 5.06. The fraction of sp³-hybridized carbons (Fsp3) is 0.500. The van der Waals surface area contributed by atoms with E-state index in [0.29, 0.717) is 19.6 Å². The Morgan fingerprint density at radius 2 is 1.94 bits per heavy atom. The summed E-state index contributed by atoms with van der Waals surface area (Å²) in [5.74, 6) is -0.150. The summed E-state index contributed by atoms with van der Waals surface area (Å²) >= 11 is 0. The summed E-state index contributed by atoms with van der Waals surface area (Å²) in [5, 5.41) is 3.20. The number of carbonyl (C=O) groups excluding carboxylic acids is 1. The maximum atomic E-state index is 11.1. The van der Waals surface area contributed by atoms with Crippen LogP contribution in [-0.4, -0.2) is 19.1 Å². The first-order valence-electron chi connectivity index (χ1n) is 6.24. The number of hydrogen-bond donors (Lipinski definition) is 1. The molecule has 0 spiro atoms. The van der Waals surface area contributed by atoms with E-state index in [1.807, 2.05) is 6.92 Å². The van der Waals surface area contributed by atoms with Crippen LogP contribution < -0.4 is 5.32 Å². The van der Waals surface area contributed by atoms with Crippen molar-refractivity contribution >= 4 is 11.7 Å². The molecule has 0 fully saturated rings. The quantitative estimate of drug-likeness (QED) is 0.738. The van der Waals surface area contributed by atoms with E-state index in [9.17, 15) is 4.79 Å². The van der Waals surface area contributed by atoms with Gasteiger partial charge in [-0.1, -0.05) is 25.5 Å². The van der Waals surface area contributed by atoms with Crippen molar-refractivity contribution in [3.8, 4) is 0 Å². The summed E-state index contributed by atoms with van der Waals surface area (Å²) in [4.78, 5) is 11.1. The third-order valence-electron chi connectivity index (χ3n) is 2.46. The minimum Gasteiger partial charge on any atom is -0.466 e. The van der Waals surface area contributed by atoms with Crippen molar-refractivity contribution in [3.05, 3.63) is 29.8 Å². The minimum atomic E-state index is -0.150. The first-order valence-corrected chi connectivity index (χ1v) is 6.24. The van der Waals surface area contributed by atoms with E-state index >= 15 is 0 Å². The molecule has 0 bridgehead atoms. The first-order chi connectivity index (χ1) is 8.26. The van der Waals surface area contributed by atoms with Gasteiger partial charge in [0, 0.05) is 12.2 Å². The second kappa shape index (κ2) is 7.71. The van der Waals surface area contributed by atoms with Crippen molar-refractivity contribution in [1.82, 2.24) is 0 Å². The van der Waals surface area contributed by atoms with Crippen LogP contribution in [0.15, 0.2) is 24.3 Å². The Balaban J connectivity index is 2.29. The van der Waals surface area contributed by atoms with Crippen molar-refractivity contribution in [2.45, 2.75) is 33.1 Å². The molecule has 17 heavy (non-hydrogen) atoms. The van der Waals surface area contributed by atoms with Crippen LogP contribution >= 0.6 is 0 Å². The summed E-state index contributed by atoms with van der Waals surface area (Å²) in [5.41, 5.74) is 2.40.